The highest BCUT2D eigenvalue weighted by Crippen LogP contribution is 2.37. The van der Waals surface area contributed by atoms with Crippen LogP contribution >= 0.6 is 27.3 Å². The van der Waals surface area contributed by atoms with Crippen molar-refractivity contribution < 1.29 is 0 Å². The Labute approximate surface area is 112 Å². The van der Waals surface area contributed by atoms with Crippen LogP contribution in [0.2, 0.25) is 0 Å². The van der Waals surface area contributed by atoms with E-state index in [4.69, 9.17) is 0 Å². The molecule has 0 aliphatic rings. The molecule has 0 spiro atoms. The minimum absolute atomic E-state index is 0.245. The average molecular weight is 307 g/mol. The molecule has 0 aromatic carbocycles. The van der Waals surface area contributed by atoms with E-state index in [1.54, 1.807) is 11.3 Å². The van der Waals surface area contributed by atoms with E-state index in [2.05, 4.69) is 49.5 Å². The minimum atomic E-state index is 0.245. The first-order chi connectivity index (χ1) is 8.36. The van der Waals surface area contributed by atoms with Gasteiger partial charge in [-0.1, -0.05) is 0 Å². The van der Waals surface area contributed by atoms with Crippen LogP contribution in [0.1, 0.15) is 22.2 Å². The summed E-state index contributed by atoms with van der Waals surface area (Å²) in [6, 6.07) is 10.4. The van der Waals surface area contributed by atoms with Crippen molar-refractivity contribution in [2.45, 2.75) is 5.92 Å². The fraction of sp³-hybridized carbons (Fsp3) is 0.0769. The summed E-state index contributed by atoms with van der Waals surface area (Å²) in [5.74, 6) is 0.245. The van der Waals surface area contributed by atoms with Crippen LogP contribution in [0.4, 0.5) is 0 Å². The maximum absolute atomic E-state index is 3.62. The van der Waals surface area contributed by atoms with Crippen LogP contribution in [0.3, 0.4) is 0 Å². The van der Waals surface area contributed by atoms with Crippen LogP contribution in [-0.4, -0.2) is 9.97 Å². The lowest BCUT2D eigenvalue weighted by molar-refractivity contribution is 0.913. The van der Waals surface area contributed by atoms with Crippen molar-refractivity contribution in [2.24, 2.45) is 0 Å². The summed E-state index contributed by atoms with van der Waals surface area (Å²) in [6.07, 6.45) is 3.93. The quantitative estimate of drug-likeness (QED) is 0.721. The molecule has 0 unspecified atom stereocenters. The van der Waals surface area contributed by atoms with E-state index in [0.29, 0.717) is 0 Å². The molecule has 3 rings (SSSR count). The molecule has 0 amide bonds. The van der Waals surface area contributed by atoms with E-state index in [1.165, 1.54) is 16.3 Å². The van der Waals surface area contributed by atoms with Crippen LogP contribution in [0.25, 0.3) is 0 Å². The Morgan fingerprint density at radius 3 is 2.06 bits per heavy atom. The molecule has 0 aliphatic carbocycles. The lowest BCUT2D eigenvalue weighted by Crippen LogP contribution is -2.02. The van der Waals surface area contributed by atoms with Gasteiger partial charge in [0.2, 0.25) is 0 Å². The lowest BCUT2D eigenvalue weighted by atomic mass is 10.00. The molecule has 2 N–H and O–H groups in total. The normalized spacial score (nSPS) is 11.2. The molecule has 0 aliphatic heterocycles. The fourth-order valence-corrected chi connectivity index (χ4v) is 3.75. The van der Waals surface area contributed by atoms with E-state index >= 15 is 0 Å². The molecule has 0 atom stereocenters. The molecule has 0 saturated heterocycles. The molecule has 0 bridgehead atoms. The summed E-state index contributed by atoms with van der Waals surface area (Å²) in [7, 11) is 0. The maximum atomic E-state index is 3.62. The number of hydrogen-bond acceptors (Lipinski definition) is 1. The van der Waals surface area contributed by atoms with Crippen molar-refractivity contribution in [3.63, 3.8) is 0 Å². The summed E-state index contributed by atoms with van der Waals surface area (Å²) in [6.45, 7) is 0. The summed E-state index contributed by atoms with van der Waals surface area (Å²) < 4.78 is 1.16. The number of nitrogens with one attached hydrogen (secondary N) is 2. The topological polar surface area (TPSA) is 31.6 Å². The largest absolute Gasteiger partial charge is 0.364 e. The maximum Gasteiger partial charge on any atom is 0.0746 e. The van der Waals surface area contributed by atoms with Gasteiger partial charge in [0.15, 0.2) is 0 Å². The lowest BCUT2D eigenvalue weighted by Gasteiger charge is -2.13. The van der Waals surface area contributed by atoms with Crippen LogP contribution in [0, 0.1) is 0 Å². The van der Waals surface area contributed by atoms with Gasteiger partial charge in [-0.05, 0) is 51.6 Å². The standard InChI is InChI=1S/C13H11BrN2S/c14-9-5-8-17-13(9)12(10-3-1-6-15-10)11-4-2-7-16-11/h1-8,12,15-16H. The zero-order chi connectivity index (χ0) is 11.7. The summed E-state index contributed by atoms with van der Waals surface area (Å²) in [5, 5.41) is 2.11. The van der Waals surface area contributed by atoms with Gasteiger partial charge in [-0.25, -0.2) is 0 Å². The summed E-state index contributed by atoms with van der Waals surface area (Å²) in [5.41, 5.74) is 2.41. The first kappa shape index (κ1) is 10.9. The summed E-state index contributed by atoms with van der Waals surface area (Å²) >= 11 is 5.39. The number of H-pyrrole nitrogens is 2. The molecule has 0 saturated carbocycles. The molecule has 3 heterocycles. The summed E-state index contributed by atoms with van der Waals surface area (Å²) in [4.78, 5) is 7.93. The van der Waals surface area contributed by atoms with Gasteiger partial charge in [-0.3, -0.25) is 0 Å². The second-order valence-corrected chi connectivity index (χ2v) is 5.62. The molecule has 3 aromatic heterocycles. The molecule has 0 fully saturated rings. The Morgan fingerprint density at radius 2 is 1.65 bits per heavy atom. The third-order valence-corrected chi connectivity index (χ3v) is 4.71. The van der Waals surface area contributed by atoms with Gasteiger partial charge in [0.1, 0.15) is 0 Å². The van der Waals surface area contributed by atoms with E-state index in [-0.39, 0.29) is 5.92 Å². The molecule has 2 nitrogen and oxygen atoms in total. The Bertz CT molecular complexity index is 547. The number of aromatic nitrogens is 2. The first-order valence-electron chi connectivity index (χ1n) is 5.35. The van der Waals surface area contributed by atoms with Gasteiger partial charge in [-0.15, -0.1) is 11.3 Å². The third-order valence-electron chi connectivity index (χ3n) is 2.77. The van der Waals surface area contributed by atoms with Gasteiger partial charge >= 0.3 is 0 Å². The van der Waals surface area contributed by atoms with E-state index < -0.39 is 0 Å². The van der Waals surface area contributed by atoms with Crippen molar-refractivity contribution in [1.82, 2.24) is 9.97 Å². The second-order valence-electron chi connectivity index (χ2n) is 3.82. The Kier molecular flexibility index (Phi) is 2.91. The molecule has 86 valence electrons. The SMILES string of the molecule is Brc1ccsc1C(c1ccc[nH]1)c1ccc[nH]1. The molecule has 3 aromatic rings. The van der Waals surface area contributed by atoms with E-state index in [0.717, 1.165) is 4.47 Å². The Morgan fingerprint density at radius 1 is 1.00 bits per heavy atom. The van der Waals surface area contributed by atoms with Gasteiger partial charge in [0, 0.05) is 33.1 Å². The molecule has 4 heteroatoms. The van der Waals surface area contributed by atoms with Crippen LogP contribution in [-0.2, 0) is 0 Å². The first-order valence-corrected chi connectivity index (χ1v) is 7.03. The highest BCUT2D eigenvalue weighted by atomic mass is 79.9. The van der Waals surface area contributed by atoms with Crippen LogP contribution in [0.5, 0.6) is 0 Å². The third kappa shape index (κ3) is 1.98. The van der Waals surface area contributed by atoms with E-state index in [1.807, 2.05) is 24.5 Å². The number of hydrogen-bond donors (Lipinski definition) is 2. The smallest absolute Gasteiger partial charge is 0.0746 e. The fourth-order valence-electron chi connectivity index (χ4n) is 2.01. The van der Waals surface area contributed by atoms with E-state index in [9.17, 15) is 0 Å². The van der Waals surface area contributed by atoms with Crippen molar-refractivity contribution in [3.05, 3.63) is 68.8 Å². The van der Waals surface area contributed by atoms with Gasteiger partial charge in [-0.2, -0.15) is 0 Å². The molecule has 0 radical (unpaired) electrons. The zero-order valence-electron chi connectivity index (χ0n) is 8.98. The van der Waals surface area contributed by atoms with Crippen molar-refractivity contribution in [1.29, 1.82) is 0 Å². The number of aromatic amines is 2. The monoisotopic (exact) mass is 306 g/mol. The number of rotatable bonds is 3. The average Bonchev–Trinajstić information content (AvgIpc) is 3.04. The van der Waals surface area contributed by atoms with Crippen molar-refractivity contribution in [3.8, 4) is 0 Å². The molecule has 17 heavy (non-hydrogen) atoms. The highest BCUT2D eigenvalue weighted by Gasteiger charge is 2.21. The molecular weight excluding hydrogens is 296 g/mol. The number of thiophene rings is 1. The predicted molar refractivity (Wildman–Crippen MR) is 74.5 cm³/mol. The Hall–Kier alpha value is -1.26. The Balaban J connectivity index is 2.13. The van der Waals surface area contributed by atoms with Crippen LogP contribution < -0.4 is 0 Å². The number of halogens is 1. The highest BCUT2D eigenvalue weighted by molar-refractivity contribution is 9.10. The van der Waals surface area contributed by atoms with Gasteiger partial charge in [0.25, 0.3) is 0 Å². The van der Waals surface area contributed by atoms with Crippen molar-refractivity contribution >= 4 is 27.3 Å². The second kappa shape index (κ2) is 4.55. The molecular formula is C13H11BrN2S. The van der Waals surface area contributed by atoms with Crippen molar-refractivity contribution in [2.75, 3.05) is 0 Å². The van der Waals surface area contributed by atoms with Gasteiger partial charge < -0.3 is 9.97 Å². The zero-order valence-corrected chi connectivity index (χ0v) is 11.4. The van der Waals surface area contributed by atoms with Crippen LogP contribution in [0.15, 0.2) is 52.6 Å². The van der Waals surface area contributed by atoms with Gasteiger partial charge in [0.05, 0.1) is 5.92 Å². The predicted octanol–water partition coefficient (Wildman–Crippen LogP) is 4.35. The minimum Gasteiger partial charge on any atom is -0.364 e.